The molecule has 0 fully saturated rings. The molecule has 0 spiro atoms. The minimum atomic E-state index is -0.255. The first-order valence-electron chi connectivity index (χ1n) is 6.69. The van der Waals surface area contributed by atoms with Gasteiger partial charge in [-0.1, -0.05) is 23.8 Å². The van der Waals surface area contributed by atoms with Gasteiger partial charge in [-0.25, -0.2) is 4.39 Å². The predicted octanol–water partition coefficient (Wildman–Crippen LogP) is 4.62. The van der Waals surface area contributed by atoms with Crippen molar-refractivity contribution in [3.05, 3.63) is 58.9 Å². The van der Waals surface area contributed by atoms with Gasteiger partial charge in [0.1, 0.15) is 11.6 Å². The lowest BCUT2D eigenvalue weighted by molar-refractivity contribution is 0.402. The van der Waals surface area contributed by atoms with Crippen LogP contribution >= 0.6 is 0 Å². The molecule has 2 rings (SSSR count). The molecule has 1 atom stereocenters. The molecule has 3 heteroatoms. The van der Waals surface area contributed by atoms with E-state index in [1.54, 1.807) is 19.2 Å². The molecule has 0 bridgehead atoms. The number of nitrogens with one attached hydrogen (secondary N) is 1. The van der Waals surface area contributed by atoms with Gasteiger partial charge in [-0.2, -0.15) is 0 Å². The van der Waals surface area contributed by atoms with Gasteiger partial charge < -0.3 is 10.1 Å². The molecule has 0 amide bonds. The molecule has 2 aromatic rings. The summed E-state index contributed by atoms with van der Waals surface area (Å²) in [6.07, 6.45) is 0. The summed E-state index contributed by atoms with van der Waals surface area (Å²) in [6.45, 7) is 6.03. The molecule has 0 heterocycles. The maximum Gasteiger partial charge on any atom is 0.132 e. The van der Waals surface area contributed by atoms with Crippen molar-refractivity contribution in [3.8, 4) is 5.75 Å². The molecule has 0 aromatic heterocycles. The van der Waals surface area contributed by atoms with E-state index in [9.17, 15) is 4.39 Å². The molecule has 20 heavy (non-hydrogen) atoms. The van der Waals surface area contributed by atoms with Gasteiger partial charge in [-0.15, -0.1) is 0 Å². The van der Waals surface area contributed by atoms with Crippen LogP contribution in [0.1, 0.15) is 29.7 Å². The van der Waals surface area contributed by atoms with E-state index in [2.05, 4.69) is 18.3 Å². The molecule has 0 saturated carbocycles. The highest BCUT2D eigenvalue weighted by Gasteiger charge is 2.16. The van der Waals surface area contributed by atoms with Crippen molar-refractivity contribution in [2.75, 3.05) is 12.4 Å². The molecule has 0 aliphatic heterocycles. The second-order valence-corrected chi connectivity index (χ2v) is 5.04. The van der Waals surface area contributed by atoms with Crippen molar-refractivity contribution in [1.29, 1.82) is 0 Å². The number of hydrogen-bond acceptors (Lipinski definition) is 2. The van der Waals surface area contributed by atoms with Crippen molar-refractivity contribution in [2.24, 2.45) is 0 Å². The molecule has 0 aliphatic carbocycles. The Morgan fingerprint density at radius 2 is 1.90 bits per heavy atom. The minimum Gasteiger partial charge on any atom is -0.496 e. The van der Waals surface area contributed by atoms with Gasteiger partial charge in [0.15, 0.2) is 0 Å². The Kier molecular flexibility index (Phi) is 4.28. The number of methoxy groups -OCH3 is 1. The second-order valence-electron chi connectivity index (χ2n) is 5.04. The maximum atomic E-state index is 14.0. The Morgan fingerprint density at radius 3 is 2.55 bits per heavy atom. The highest BCUT2D eigenvalue weighted by molar-refractivity contribution is 5.54. The summed E-state index contributed by atoms with van der Waals surface area (Å²) in [5, 5.41) is 3.35. The lowest BCUT2D eigenvalue weighted by Crippen LogP contribution is -2.11. The van der Waals surface area contributed by atoms with E-state index >= 15 is 0 Å². The third-order valence-corrected chi connectivity index (χ3v) is 3.42. The van der Waals surface area contributed by atoms with Crippen LogP contribution in [0.5, 0.6) is 5.75 Å². The van der Waals surface area contributed by atoms with Gasteiger partial charge in [0.05, 0.1) is 18.7 Å². The lowest BCUT2D eigenvalue weighted by atomic mass is 10.0. The smallest absolute Gasteiger partial charge is 0.132 e. The number of hydrogen-bond donors (Lipinski definition) is 1. The van der Waals surface area contributed by atoms with Crippen LogP contribution < -0.4 is 10.1 Å². The molecule has 2 nitrogen and oxygen atoms in total. The Labute approximate surface area is 119 Å². The number of ether oxygens (including phenoxy) is 1. The standard InChI is InChI=1S/C17H20FNO/c1-11-8-9-15(12(2)10-11)19-13(3)17-14(18)6-5-7-16(17)20-4/h5-10,13,19H,1-4H3. The first kappa shape index (κ1) is 14.4. The van der Waals surface area contributed by atoms with E-state index < -0.39 is 0 Å². The Balaban J connectivity index is 2.30. The predicted molar refractivity (Wildman–Crippen MR) is 80.9 cm³/mol. The van der Waals surface area contributed by atoms with Crippen molar-refractivity contribution < 1.29 is 9.13 Å². The van der Waals surface area contributed by atoms with Crippen molar-refractivity contribution in [1.82, 2.24) is 0 Å². The third-order valence-electron chi connectivity index (χ3n) is 3.42. The van der Waals surface area contributed by atoms with Gasteiger partial charge in [-0.3, -0.25) is 0 Å². The van der Waals surface area contributed by atoms with Crippen molar-refractivity contribution >= 4 is 5.69 Å². The zero-order valence-corrected chi connectivity index (χ0v) is 12.3. The van der Waals surface area contributed by atoms with Gasteiger partial charge in [-0.05, 0) is 44.5 Å². The van der Waals surface area contributed by atoms with Crippen LogP contribution in [-0.4, -0.2) is 7.11 Å². The Morgan fingerprint density at radius 1 is 1.15 bits per heavy atom. The first-order valence-corrected chi connectivity index (χ1v) is 6.69. The quantitative estimate of drug-likeness (QED) is 0.877. The van der Waals surface area contributed by atoms with E-state index in [-0.39, 0.29) is 11.9 Å². The molecule has 2 aromatic carbocycles. The molecule has 1 N–H and O–H groups in total. The Hall–Kier alpha value is -2.03. The van der Waals surface area contributed by atoms with Crippen LogP contribution in [-0.2, 0) is 0 Å². The molecule has 1 unspecified atom stereocenters. The summed E-state index contributed by atoms with van der Waals surface area (Å²) in [4.78, 5) is 0. The summed E-state index contributed by atoms with van der Waals surface area (Å²) in [5.74, 6) is 0.309. The van der Waals surface area contributed by atoms with E-state index in [4.69, 9.17) is 4.74 Å². The zero-order chi connectivity index (χ0) is 14.7. The van der Waals surface area contributed by atoms with E-state index in [0.717, 1.165) is 11.3 Å². The SMILES string of the molecule is COc1cccc(F)c1C(C)Nc1ccc(C)cc1C. The molecule has 106 valence electrons. The van der Waals surface area contributed by atoms with Gasteiger partial charge >= 0.3 is 0 Å². The summed E-state index contributed by atoms with van der Waals surface area (Å²) < 4.78 is 19.3. The van der Waals surface area contributed by atoms with E-state index in [1.165, 1.54) is 11.6 Å². The fraction of sp³-hybridized carbons (Fsp3) is 0.294. The minimum absolute atomic E-state index is 0.174. The van der Waals surface area contributed by atoms with Crippen LogP contribution in [0.15, 0.2) is 36.4 Å². The van der Waals surface area contributed by atoms with Crippen LogP contribution in [0, 0.1) is 19.7 Å². The normalized spacial score (nSPS) is 12.1. The lowest BCUT2D eigenvalue weighted by Gasteiger charge is -2.20. The van der Waals surface area contributed by atoms with Crippen molar-refractivity contribution in [3.63, 3.8) is 0 Å². The Bertz CT molecular complexity index is 610. The number of benzene rings is 2. The first-order chi connectivity index (χ1) is 9.52. The second kappa shape index (κ2) is 5.95. The number of aryl methyl sites for hydroxylation is 2. The molecule has 0 aliphatic rings. The van der Waals surface area contributed by atoms with E-state index in [1.807, 2.05) is 26.0 Å². The fourth-order valence-electron chi connectivity index (χ4n) is 2.40. The average molecular weight is 273 g/mol. The van der Waals surface area contributed by atoms with Crippen LogP contribution in [0.25, 0.3) is 0 Å². The van der Waals surface area contributed by atoms with Crippen LogP contribution in [0.2, 0.25) is 0 Å². The molecule has 0 radical (unpaired) electrons. The number of anilines is 1. The highest BCUT2D eigenvalue weighted by Crippen LogP contribution is 2.31. The van der Waals surface area contributed by atoms with E-state index in [0.29, 0.717) is 11.3 Å². The summed E-state index contributed by atoms with van der Waals surface area (Å²) in [5.41, 5.74) is 3.92. The number of halogens is 1. The van der Waals surface area contributed by atoms with Gasteiger partial charge in [0.2, 0.25) is 0 Å². The monoisotopic (exact) mass is 273 g/mol. The largest absolute Gasteiger partial charge is 0.496 e. The van der Waals surface area contributed by atoms with Crippen molar-refractivity contribution in [2.45, 2.75) is 26.8 Å². The van der Waals surface area contributed by atoms with Gasteiger partial charge in [0.25, 0.3) is 0 Å². The molecule has 0 saturated heterocycles. The van der Waals surface area contributed by atoms with Crippen LogP contribution in [0.4, 0.5) is 10.1 Å². The topological polar surface area (TPSA) is 21.3 Å². The highest BCUT2D eigenvalue weighted by atomic mass is 19.1. The summed E-state index contributed by atoms with van der Waals surface area (Å²) >= 11 is 0. The molecular formula is C17H20FNO. The van der Waals surface area contributed by atoms with Crippen LogP contribution in [0.3, 0.4) is 0 Å². The summed E-state index contributed by atoms with van der Waals surface area (Å²) in [6, 6.07) is 10.9. The fourth-order valence-corrected chi connectivity index (χ4v) is 2.40. The third kappa shape index (κ3) is 2.93. The average Bonchev–Trinajstić information content (AvgIpc) is 2.41. The summed E-state index contributed by atoms with van der Waals surface area (Å²) in [7, 11) is 1.56. The van der Waals surface area contributed by atoms with Gasteiger partial charge in [0, 0.05) is 5.69 Å². The zero-order valence-electron chi connectivity index (χ0n) is 12.3. The maximum absolute atomic E-state index is 14.0. The number of rotatable bonds is 4. The molecular weight excluding hydrogens is 253 g/mol.